The molecule has 7 heteroatoms. The van der Waals surface area contributed by atoms with Gasteiger partial charge in [-0.3, -0.25) is 4.90 Å². The second-order valence-corrected chi connectivity index (χ2v) is 10.3. The van der Waals surface area contributed by atoms with Crippen molar-refractivity contribution in [3.8, 4) is 0 Å². The van der Waals surface area contributed by atoms with Gasteiger partial charge in [-0.1, -0.05) is 30.3 Å². The van der Waals surface area contributed by atoms with E-state index in [-0.39, 0.29) is 11.4 Å². The molecule has 178 valence electrons. The van der Waals surface area contributed by atoms with E-state index >= 15 is 0 Å². The molecule has 7 nitrogen and oxygen atoms in total. The summed E-state index contributed by atoms with van der Waals surface area (Å²) in [6.45, 7) is 4.94. The number of hydrogen-bond acceptors (Lipinski definition) is 5. The van der Waals surface area contributed by atoms with Crippen molar-refractivity contribution in [2.75, 3.05) is 56.6 Å². The molecule has 0 atom stereocenters. The number of aromatic nitrogens is 1. The number of hydrogen-bond donors (Lipinski definition) is 0. The van der Waals surface area contributed by atoms with Crippen LogP contribution in [0, 0.1) is 0 Å². The van der Waals surface area contributed by atoms with E-state index in [0.717, 1.165) is 81.2 Å². The number of anilines is 2. The van der Waals surface area contributed by atoms with E-state index < -0.39 is 0 Å². The second-order valence-electron chi connectivity index (χ2n) is 10.3. The van der Waals surface area contributed by atoms with Crippen LogP contribution in [0.15, 0.2) is 52.9 Å². The summed E-state index contributed by atoms with van der Waals surface area (Å²) in [4.78, 5) is 26.2. The van der Waals surface area contributed by atoms with Crippen molar-refractivity contribution in [3.05, 3.63) is 54.1 Å². The zero-order valence-corrected chi connectivity index (χ0v) is 20.1. The van der Waals surface area contributed by atoms with Crippen molar-refractivity contribution in [2.24, 2.45) is 0 Å². The Morgan fingerprint density at radius 3 is 2.44 bits per heavy atom. The van der Waals surface area contributed by atoms with E-state index in [9.17, 15) is 4.79 Å². The zero-order valence-electron chi connectivity index (χ0n) is 20.1. The monoisotopic (exact) mass is 459 g/mol. The number of benzene rings is 2. The van der Waals surface area contributed by atoms with Crippen molar-refractivity contribution in [1.82, 2.24) is 14.8 Å². The van der Waals surface area contributed by atoms with Gasteiger partial charge in [0.15, 0.2) is 5.58 Å². The molecule has 2 amide bonds. The SMILES string of the molecule is CN(C)C(=O)N1CC2(CCN(C3CCN(c4nc5ccccc5o4)CC3)CC2)c2ccccc21. The van der Waals surface area contributed by atoms with Crippen LogP contribution < -0.4 is 9.80 Å². The first-order valence-electron chi connectivity index (χ1n) is 12.5. The molecule has 2 aromatic carbocycles. The van der Waals surface area contributed by atoms with E-state index in [1.54, 1.807) is 4.90 Å². The van der Waals surface area contributed by atoms with Gasteiger partial charge in [0, 0.05) is 50.9 Å². The summed E-state index contributed by atoms with van der Waals surface area (Å²) in [5.41, 5.74) is 4.33. The highest BCUT2D eigenvalue weighted by molar-refractivity contribution is 5.95. The lowest BCUT2D eigenvalue weighted by Crippen LogP contribution is -2.52. The fourth-order valence-electron chi connectivity index (χ4n) is 6.20. The van der Waals surface area contributed by atoms with Crippen LogP contribution in [0.1, 0.15) is 31.2 Å². The van der Waals surface area contributed by atoms with Gasteiger partial charge in [0.05, 0.1) is 0 Å². The van der Waals surface area contributed by atoms with E-state index in [0.29, 0.717) is 6.04 Å². The molecule has 4 heterocycles. The van der Waals surface area contributed by atoms with E-state index in [1.807, 2.05) is 49.3 Å². The molecule has 3 aliphatic heterocycles. The van der Waals surface area contributed by atoms with Gasteiger partial charge in [0.25, 0.3) is 6.01 Å². The van der Waals surface area contributed by atoms with Crippen LogP contribution in [-0.4, -0.2) is 73.7 Å². The van der Waals surface area contributed by atoms with Gasteiger partial charge < -0.3 is 19.1 Å². The Morgan fingerprint density at radius 1 is 1.00 bits per heavy atom. The summed E-state index contributed by atoms with van der Waals surface area (Å²) >= 11 is 0. The van der Waals surface area contributed by atoms with Crippen LogP contribution in [0.2, 0.25) is 0 Å². The molecule has 0 radical (unpaired) electrons. The number of oxazole rings is 1. The smallest absolute Gasteiger partial charge is 0.323 e. The summed E-state index contributed by atoms with van der Waals surface area (Å²) < 4.78 is 6.00. The number of para-hydroxylation sites is 3. The van der Waals surface area contributed by atoms with Gasteiger partial charge in [0.2, 0.25) is 0 Å². The van der Waals surface area contributed by atoms with Gasteiger partial charge in [-0.15, -0.1) is 0 Å². The standard InChI is InChI=1S/C27H33N5O2/c1-29(2)26(33)32-19-27(21-7-3-5-9-23(21)32)13-17-30(18-14-27)20-11-15-31(16-12-20)25-28-22-8-4-6-10-24(22)34-25/h3-10,20H,11-19H2,1-2H3. The first-order chi connectivity index (χ1) is 16.5. The molecule has 2 saturated heterocycles. The second kappa shape index (κ2) is 8.31. The number of urea groups is 1. The molecule has 1 aromatic heterocycles. The number of piperidine rings is 2. The Kier molecular flexibility index (Phi) is 5.25. The average Bonchev–Trinajstić information content (AvgIpc) is 3.44. The van der Waals surface area contributed by atoms with Gasteiger partial charge in [-0.05, 0) is 62.5 Å². The normalized spacial score (nSPS) is 20.8. The van der Waals surface area contributed by atoms with E-state index in [1.165, 1.54) is 5.56 Å². The first kappa shape index (κ1) is 21.5. The molecule has 3 aromatic rings. The number of fused-ring (bicyclic) bond motifs is 3. The lowest BCUT2D eigenvalue weighted by molar-refractivity contribution is 0.104. The highest BCUT2D eigenvalue weighted by Crippen LogP contribution is 2.47. The van der Waals surface area contributed by atoms with Crippen molar-refractivity contribution in [3.63, 3.8) is 0 Å². The number of amides is 2. The largest absolute Gasteiger partial charge is 0.423 e. The molecule has 0 unspecified atom stereocenters. The topological polar surface area (TPSA) is 56.1 Å². The van der Waals surface area contributed by atoms with Crippen LogP contribution in [0.5, 0.6) is 0 Å². The van der Waals surface area contributed by atoms with Crippen LogP contribution in [-0.2, 0) is 5.41 Å². The lowest BCUT2D eigenvalue weighted by Gasteiger charge is -2.45. The number of likely N-dealkylation sites (tertiary alicyclic amines) is 1. The van der Waals surface area contributed by atoms with Crippen LogP contribution in [0.3, 0.4) is 0 Å². The predicted molar refractivity (Wildman–Crippen MR) is 135 cm³/mol. The van der Waals surface area contributed by atoms with Gasteiger partial charge in [-0.25, -0.2) is 4.79 Å². The highest BCUT2D eigenvalue weighted by atomic mass is 16.4. The maximum atomic E-state index is 12.9. The Labute approximate surface area is 200 Å². The minimum absolute atomic E-state index is 0.0810. The Hall–Kier alpha value is -3.06. The summed E-state index contributed by atoms with van der Waals surface area (Å²) in [6.07, 6.45) is 4.47. The van der Waals surface area contributed by atoms with Crippen molar-refractivity contribution >= 4 is 28.8 Å². The fraction of sp³-hybridized carbons (Fsp3) is 0.481. The molecule has 0 aliphatic carbocycles. The summed E-state index contributed by atoms with van der Waals surface area (Å²) in [5.74, 6) is 0. The molecule has 3 aliphatic rings. The van der Waals surface area contributed by atoms with Crippen LogP contribution >= 0.6 is 0 Å². The highest BCUT2D eigenvalue weighted by Gasteiger charge is 2.47. The van der Waals surface area contributed by atoms with Crippen LogP contribution in [0.25, 0.3) is 11.1 Å². The third-order valence-electron chi connectivity index (χ3n) is 8.13. The van der Waals surface area contributed by atoms with Gasteiger partial charge in [-0.2, -0.15) is 4.98 Å². The Morgan fingerprint density at radius 2 is 1.71 bits per heavy atom. The lowest BCUT2D eigenvalue weighted by atomic mass is 9.74. The molecule has 2 fully saturated rings. The minimum Gasteiger partial charge on any atom is -0.423 e. The summed E-state index contributed by atoms with van der Waals surface area (Å²) in [5, 5.41) is 0. The third-order valence-corrected chi connectivity index (χ3v) is 8.13. The molecule has 6 rings (SSSR count). The quantitative estimate of drug-likeness (QED) is 0.571. The number of carbonyl (C=O) groups is 1. The van der Waals surface area contributed by atoms with Crippen molar-refractivity contribution in [2.45, 2.75) is 37.1 Å². The number of carbonyl (C=O) groups excluding carboxylic acids is 1. The molecular weight excluding hydrogens is 426 g/mol. The van der Waals surface area contributed by atoms with Gasteiger partial charge in [0.1, 0.15) is 5.52 Å². The fourth-order valence-corrected chi connectivity index (χ4v) is 6.20. The van der Waals surface area contributed by atoms with Crippen molar-refractivity contribution in [1.29, 1.82) is 0 Å². The molecule has 34 heavy (non-hydrogen) atoms. The third kappa shape index (κ3) is 3.54. The molecular formula is C27H33N5O2. The van der Waals surface area contributed by atoms with Gasteiger partial charge >= 0.3 is 6.03 Å². The van der Waals surface area contributed by atoms with E-state index in [4.69, 9.17) is 4.42 Å². The minimum atomic E-state index is 0.0810. The zero-order chi connectivity index (χ0) is 23.3. The molecule has 0 bridgehead atoms. The number of nitrogens with zero attached hydrogens (tertiary/aromatic N) is 5. The summed E-state index contributed by atoms with van der Waals surface area (Å²) in [6, 6.07) is 18.0. The summed E-state index contributed by atoms with van der Waals surface area (Å²) in [7, 11) is 3.68. The van der Waals surface area contributed by atoms with E-state index in [2.05, 4.69) is 33.0 Å². The molecule has 0 N–H and O–H groups in total. The predicted octanol–water partition coefficient (Wildman–Crippen LogP) is 4.33. The molecule has 1 spiro atoms. The van der Waals surface area contributed by atoms with Crippen LogP contribution in [0.4, 0.5) is 16.5 Å². The Bertz CT molecular complexity index is 1160. The first-order valence-corrected chi connectivity index (χ1v) is 12.5. The maximum Gasteiger partial charge on any atom is 0.323 e. The maximum absolute atomic E-state index is 12.9. The number of rotatable bonds is 2. The average molecular weight is 460 g/mol. The Balaban J connectivity index is 1.11. The van der Waals surface area contributed by atoms with Crippen molar-refractivity contribution < 1.29 is 9.21 Å². The molecule has 0 saturated carbocycles.